The maximum Gasteiger partial charge on any atom is 0.318 e. The molecule has 106 valence electrons. The van der Waals surface area contributed by atoms with Crippen molar-refractivity contribution >= 4 is 23.4 Å². The third-order valence-electron chi connectivity index (χ3n) is 2.53. The summed E-state index contributed by atoms with van der Waals surface area (Å²) in [6, 6.07) is 0.183. The average Bonchev–Trinajstić information content (AvgIpc) is 2.35. The molecular formula is C12H18ClN3O3. The largest absolute Gasteiger partial charge is 0.481 e. The van der Waals surface area contributed by atoms with Gasteiger partial charge in [-0.2, -0.15) is 4.98 Å². The van der Waals surface area contributed by atoms with E-state index in [1.807, 2.05) is 13.8 Å². The number of carboxylic acid groups (broad SMARTS) is 1. The van der Waals surface area contributed by atoms with Crippen LogP contribution in [0.1, 0.15) is 20.3 Å². The minimum absolute atomic E-state index is 0.183. The van der Waals surface area contributed by atoms with Crippen molar-refractivity contribution < 1.29 is 14.6 Å². The fraction of sp³-hybridized carbons (Fsp3) is 0.583. The molecule has 0 bridgehead atoms. The van der Waals surface area contributed by atoms with E-state index in [0.717, 1.165) is 0 Å². The van der Waals surface area contributed by atoms with Crippen LogP contribution in [0.3, 0.4) is 0 Å². The van der Waals surface area contributed by atoms with Crippen LogP contribution < -0.4 is 10.1 Å². The molecular weight excluding hydrogens is 270 g/mol. The zero-order chi connectivity index (χ0) is 14.4. The van der Waals surface area contributed by atoms with E-state index >= 15 is 0 Å². The smallest absolute Gasteiger partial charge is 0.318 e. The molecule has 0 spiro atoms. The summed E-state index contributed by atoms with van der Waals surface area (Å²) in [5, 5.41) is 12.4. The number of rotatable bonds is 7. The number of aromatic nitrogens is 2. The number of halogens is 1. The molecule has 0 aliphatic carbocycles. The Balaban J connectivity index is 2.70. The molecule has 0 saturated heterocycles. The maximum absolute atomic E-state index is 11.1. The molecule has 1 aromatic heterocycles. The summed E-state index contributed by atoms with van der Waals surface area (Å²) >= 11 is 5.93. The first kappa shape index (κ1) is 15.5. The SMILES string of the molecule is COc1ncc(Cl)c(NCC(CC(C)C)C(=O)O)n1. The lowest BCUT2D eigenvalue weighted by Gasteiger charge is -2.16. The highest BCUT2D eigenvalue weighted by Gasteiger charge is 2.19. The second-order valence-electron chi connectivity index (χ2n) is 4.60. The summed E-state index contributed by atoms with van der Waals surface area (Å²) in [7, 11) is 1.45. The number of hydrogen-bond donors (Lipinski definition) is 2. The average molecular weight is 288 g/mol. The number of carboxylic acids is 1. The van der Waals surface area contributed by atoms with Crippen LogP contribution in [0.5, 0.6) is 6.01 Å². The molecule has 6 nitrogen and oxygen atoms in total. The summed E-state index contributed by atoms with van der Waals surface area (Å²) in [6.07, 6.45) is 2.00. The number of carbonyl (C=O) groups is 1. The zero-order valence-electron chi connectivity index (χ0n) is 11.2. The Bertz CT molecular complexity index is 440. The van der Waals surface area contributed by atoms with E-state index in [4.69, 9.17) is 21.4 Å². The number of methoxy groups -OCH3 is 1. The fourth-order valence-electron chi connectivity index (χ4n) is 1.63. The quantitative estimate of drug-likeness (QED) is 0.800. The van der Waals surface area contributed by atoms with Crippen LogP contribution in [0.15, 0.2) is 6.20 Å². The van der Waals surface area contributed by atoms with Crippen molar-refractivity contribution in [2.75, 3.05) is 19.0 Å². The van der Waals surface area contributed by atoms with Gasteiger partial charge < -0.3 is 15.2 Å². The van der Waals surface area contributed by atoms with Gasteiger partial charge in [0.1, 0.15) is 5.02 Å². The van der Waals surface area contributed by atoms with Crippen molar-refractivity contribution in [2.45, 2.75) is 20.3 Å². The normalized spacial score (nSPS) is 12.3. The van der Waals surface area contributed by atoms with Gasteiger partial charge in [-0.3, -0.25) is 4.79 Å². The van der Waals surface area contributed by atoms with Crippen molar-refractivity contribution in [3.8, 4) is 6.01 Å². The van der Waals surface area contributed by atoms with Crippen LogP contribution in [-0.4, -0.2) is 34.7 Å². The summed E-state index contributed by atoms with van der Waals surface area (Å²) in [4.78, 5) is 19.0. The lowest BCUT2D eigenvalue weighted by Crippen LogP contribution is -2.25. The van der Waals surface area contributed by atoms with E-state index in [1.54, 1.807) is 0 Å². The molecule has 2 N–H and O–H groups in total. The Hall–Kier alpha value is -1.56. The van der Waals surface area contributed by atoms with Gasteiger partial charge in [0.05, 0.1) is 19.2 Å². The molecule has 0 aromatic carbocycles. The Morgan fingerprint density at radius 2 is 2.26 bits per heavy atom. The molecule has 0 amide bonds. The van der Waals surface area contributed by atoms with Crippen LogP contribution in [0, 0.1) is 11.8 Å². The van der Waals surface area contributed by atoms with Gasteiger partial charge in [0, 0.05) is 6.54 Å². The summed E-state index contributed by atoms with van der Waals surface area (Å²) < 4.78 is 4.89. The first-order valence-corrected chi connectivity index (χ1v) is 6.35. The highest BCUT2D eigenvalue weighted by Crippen LogP contribution is 2.21. The van der Waals surface area contributed by atoms with E-state index in [9.17, 15) is 4.79 Å². The molecule has 0 aliphatic heterocycles. The van der Waals surface area contributed by atoms with Gasteiger partial charge in [-0.15, -0.1) is 0 Å². The second kappa shape index (κ2) is 7.13. The highest BCUT2D eigenvalue weighted by molar-refractivity contribution is 6.32. The predicted molar refractivity (Wildman–Crippen MR) is 72.7 cm³/mol. The maximum atomic E-state index is 11.1. The standard InChI is InChI=1S/C12H18ClN3O3/c1-7(2)4-8(11(17)18)5-14-10-9(13)6-15-12(16-10)19-3/h6-8H,4-5H2,1-3H3,(H,17,18)(H,14,15,16). The molecule has 0 radical (unpaired) electrons. The fourth-order valence-corrected chi connectivity index (χ4v) is 1.79. The van der Waals surface area contributed by atoms with Crippen molar-refractivity contribution in [2.24, 2.45) is 11.8 Å². The van der Waals surface area contributed by atoms with Crippen LogP contribution in [0.25, 0.3) is 0 Å². The van der Waals surface area contributed by atoms with E-state index in [1.165, 1.54) is 13.3 Å². The van der Waals surface area contributed by atoms with Gasteiger partial charge in [0.25, 0.3) is 0 Å². The van der Waals surface area contributed by atoms with Crippen molar-refractivity contribution in [3.05, 3.63) is 11.2 Å². The van der Waals surface area contributed by atoms with Gasteiger partial charge >= 0.3 is 12.0 Å². The number of nitrogens with one attached hydrogen (secondary N) is 1. The molecule has 1 rings (SSSR count). The minimum Gasteiger partial charge on any atom is -0.481 e. The van der Waals surface area contributed by atoms with Crippen LogP contribution in [-0.2, 0) is 4.79 Å². The van der Waals surface area contributed by atoms with Crippen molar-refractivity contribution in [1.82, 2.24) is 9.97 Å². The lowest BCUT2D eigenvalue weighted by atomic mass is 9.97. The Kier molecular flexibility index (Phi) is 5.82. The molecule has 1 aromatic rings. The summed E-state index contributed by atoms with van der Waals surface area (Å²) in [5.41, 5.74) is 0. The molecule has 0 aliphatic rings. The van der Waals surface area contributed by atoms with E-state index in [2.05, 4.69) is 15.3 Å². The monoisotopic (exact) mass is 287 g/mol. The predicted octanol–water partition coefficient (Wildman–Crippen LogP) is 2.30. The molecule has 1 unspecified atom stereocenters. The van der Waals surface area contributed by atoms with Crippen LogP contribution >= 0.6 is 11.6 Å². The highest BCUT2D eigenvalue weighted by atomic mass is 35.5. The molecule has 19 heavy (non-hydrogen) atoms. The molecule has 0 saturated carbocycles. The molecule has 7 heteroatoms. The van der Waals surface area contributed by atoms with Gasteiger partial charge in [-0.05, 0) is 12.3 Å². The number of ether oxygens (including phenoxy) is 1. The van der Waals surface area contributed by atoms with Crippen molar-refractivity contribution in [3.63, 3.8) is 0 Å². The molecule has 1 atom stereocenters. The second-order valence-corrected chi connectivity index (χ2v) is 5.01. The van der Waals surface area contributed by atoms with E-state index in [0.29, 0.717) is 23.2 Å². The molecule has 0 fully saturated rings. The minimum atomic E-state index is -0.835. The van der Waals surface area contributed by atoms with Gasteiger partial charge in [-0.1, -0.05) is 25.4 Å². The zero-order valence-corrected chi connectivity index (χ0v) is 11.9. The first-order valence-electron chi connectivity index (χ1n) is 5.97. The van der Waals surface area contributed by atoms with E-state index < -0.39 is 11.9 Å². The van der Waals surface area contributed by atoms with Crippen molar-refractivity contribution in [1.29, 1.82) is 0 Å². The van der Waals surface area contributed by atoms with E-state index in [-0.39, 0.29) is 12.6 Å². The van der Waals surface area contributed by atoms with Gasteiger partial charge in [0.2, 0.25) is 0 Å². The van der Waals surface area contributed by atoms with Gasteiger partial charge in [-0.25, -0.2) is 4.98 Å². The lowest BCUT2D eigenvalue weighted by molar-refractivity contribution is -0.141. The Labute approximate surface area is 117 Å². The number of aliphatic carboxylic acids is 1. The topological polar surface area (TPSA) is 84.3 Å². The first-order chi connectivity index (χ1) is 8.93. The van der Waals surface area contributed by atoms with Crippen LogP contribution in [0.2, 0.25) is 5.02 Å². The number of anilines is 1. The Morgan fingerprint density at radius 3 is 2.79 bits per heavy atom. The third kappa shape index (κ3) is 4.90. The van der Waals surface area contributed by atoms with Gasteiger partial charge in [0.15, 0.2) is 5.82 Å². The number of hydrogen-bond acceptors (Lipinski definition) is 5. The Morgan fingerprint density at radius 1 is 1.58 bits per heavy atom. The number of nitrogens with zero attached hydrogens (tertiary/aromatic N) is 2. The summed E-state index contributed by atoms with van der Waals surface area (Å²) in [5.74, 6) is -0.641. The third-order valence-corrected chi connectivity index (χ3v) is 2.80. The summed E-state index contributed by atoms with van der Waals surface area (Å²) in [6.45, 7) is 4.22. The molecule has 1 heterocycles. The van der Waals surface area contributed by atoms with Crippen LogP contribution in [0.4, 0.5) is 5.82 Å².